The molecule has 0 aliphatic carbocycles. The van der Waals surface area contributed by atoms with Gasteiger partial charge in [-0.1, -0.05) is 24.8 Å². The average Bonchev–Trinajstić information content (AvgIpc) is 2.44. The van der Waals surface area contributed by atoms with Gasteiger partial charge in [-0.05, 0) is 36.8 Å². The Kier molecular flexibility index (Phi) is 4.70. The van der Waals surface area contributed by atoms with E-state index in [0.717, 1.165) is 5.56 Å². The van der Waals surface area contributed by atoms with Crippen LogP contribution in [0.3, 0.4) is 0 Å². The van der Waals surface area contributed by atoms with Gasteiger partial charge in [0.2, 0.25) is 0 Å². The number of nitrogens with one attached hydrogen (secondary N) is 2. The lowest BCUT2D eigenvalue weighted by atomic mass is 9.96. The molecular formula is C15H15FN2O2S. The molecule has 110 valence electrons. The van der Waals surface area contributed by atoms with E-state index in [4.69, 9.17) is 17.0 Å². The van der Waals surface area contributed by atoms with Crippen molar-refractivity contribution in [3.8, 4) is 0 Å². The van der Waals surface area contributed by atoms with Crippen molar-refractivity contribution in [3.63, 3.8) is 0 Å². The van der Waals surface area contributed by atoms with Gasteiger partial charge in [-0.25, -0.2) is 9.18 Å². The van der Waals surface area contributed by atoms with Crippen LogP contribution in [0.5, 0.6) is 0 Å². The zero-order valence-electron chi connectivity index (χ0n) is 11.5. The average molecular weight is 306 g/mol. The van der Waals surface area contributed by atoms with Crippen molar-refractivity contribution in [3.05, 3.63) is 59.6 Å². The second kappa shape index (κ2) is 6.49. The van der Waals surface area contributed by atoms with Crippen LogP contribution in [0.1, 0.15) is 18.5 Å². The van der Waals surface area contributed by atoms with E-state index in [1.165, 1.54) is 18.2 Å². The second-order valence-corrected chi connectivity index (χ2v) is 4.92. The number of carbonyl (C=O) groups is 1. The molecule has 0 saturated heterocycles. The molecule has 1 aliphatic rings. The van der Waals surface area contributed by atoms with Gasteiger partial charge in [0.05, 0.1) is 11.6 Å². The Balaban J connectivity index is 2.37. The fourth-order valence-electron chi connectivity index (χ4n) is 2.08. The standard InChI is InChI=1S/C15H15FN2O2S/c1-3-8-20-14(19)12-9(2)17-15(21)18-13(12)10-4-6-11(16)7-5-10/h3-7,13H,1,8H2,2H3,(H2,17,18,21)/t13-/m1/s1. The molecule has 2 N–H and O–H groups in total. The fraction of sp³-hybridized carbons (Fsp3) is 0.200. The Morgan fingerprint density at radius 3 is 2.76 bits per heavy atom. The van der Waals surface area contributed by atoms with Crippen LogP contribution >= 0.6 is 12.2 Å². The number of halogens is 1. The summed E-state index contributed by atoms with van der Waals surface area (Å²) >= 11 is 5.11. The third kappa shape index (κ3) is 3.46. The van der Waals surface area contributed by atoms with Gasteiger partial charge in [0, 0.05) is 5.70 Å². The topological polar surface area (TPSA) is 50.4 Å². The molecule has 0 radical (unpaired) electrons. The van der Waals surface area contributed by atoms with Gasteiger partial charge in [0.25, 0.3) is 0 Å². The van der Waals surface area contributed by atoms with Crippen molar-refractivity contribution in [2.45, 2.75) is 13.0 Å². The molecule has 0 aromatic heterocycles. The number of thiocarbonyl (C=S) groups is 1. The molecule has 2 rings (SSSR count). The molecule has 0 amide bonds. The third-order valence-electron chi connectivity index (χ3n) is 3.02. The van der Waals surface area contributed by atoms with E-state index < -0.39 is 12.0 Å². The molecule has 0 spiro atoms. The van der Waals surface area contributed by atoms with Gasteiger partial charge in [-0.2, -0.15) is 0 Å². The van der Waals surface area contributed by atoms with E-state index in [-0.39, 0.29) is 12.4 Å². The molecule has 1 aliphatic heterocycles. The summed E-state index contributed by atoms with van der Waals surface area (Å²) in [5.74, 6) is -0.809. The van der Waals surface area contributed by atoms with Gasteiger partial charge >= 0.3 is 5.97 Å². The molecular weight excluding hydrogens is 291 g/mol. The highest BCUT2D eigenvalue weighted by Crippen LogP contribution is 2.27. The van der Waals surface area contributed by atoms with Crippen molar-refractivity contribution in [2.75, 3.05) is 6.61 Å². The van der Waals surface area contributed by atoms with E-state index in [0.29, 0.717) is 16.4 Å². The van der Waals surface area contributed by atoms with Gasteiger partial charge < -0.3 is 15.4 Å². The van der Waals surface area contributed by atoms with Gasteiger partial charge in [0.1, 0.15) is 12.4 Å². The highest BCUT2D eigenvalue weighted by molar-refractivity contribution is 7.80. The van der Waals surface area contributed by atoms with Crippen LogP contribution in [0.25, 0.3) is 0 Å². The lowest BCUT2D eigenvalue weighted by molar-refractivity contribution is -0.138. The van der Waals surface area contributed by atoms with Crippen molar-refractivity contribution in [1.82, 2.24) is 10.6 Å². The van der Waals surface area contributed by atoms with Crippen LogP contribution in [0.15, 0.2) is 48.2 Å². The van der Waals surface area contributed by atoms with Crippen molar-refractivity contribution in [1.29, 1.82) is 0 Å². The number of hydrogen-bond donors (Lipinski definition) is 2. The molecule has 0 fully saturated rings. The molecule has 1 aromatic rings. The molecule has 4 nitrogen and oxygen atoms in total. The first-order chi connectivity index (χ1) is 10.0. The lowest BCUT2D eigenvalue weighted by Crippen LogP contribution is -2.45. The largest absolute Gasteiger partial charge is 0.458 e. The number of allylic oxidation sites excluding steroid dienone is 1. The molecule has 0 saturated carbocycles. The first kappa shape index (κ1) is 15.2. The maximum absolute atomic E-state index is 13.1. The summed E-state index contributed by atoms with van der Waals surface area (Å²) in [7, 11) is 0. The smallest absolute Gasteiger partial charge is 0.338 e. The zero-order chi connectivity index (χ0) is 15.4. The quantitative estimate of drug-likeness (QED) is 0.508. The van der Waals surface area contributed by atoms with Gasteiger partial charge in [-0.3, -0.25) is 0 Å². The first-order valence-corrected chi connectivity index (χ1v) is 6.75. The minimum Gasteiger partial charge on any atom is -0.458 e. The van der Waals surface area contributed by atoms with Crippen LogP contribution in [0.4, 0.5) is 4.39 Å². The van der Waals surface area contributed by atoms with E-state index in [1.54, 1.807) is 19.1 Å². The predicted octanol–water partition coefficient (Wildman–Crippen LogP) is 2.35. The lowest BCUT2D eigenvalue weighted by Gasteiger charge is -2.29. The molecule has 21 heavy (non-hydrogen) atoms. The Bertz CT molecular complexity index is 611. The normalized spacial score (nSPS) is 17.8. The van der Waals surface area contributed by atoms with Crippen molar-refractivity contribution < 1.29 is 13.9 Å². The Labute approximate surface area is 127 Å². The highest BCUT2D eigenvalue weighted by Gasteiger charge is 2.30. The van der Waals surface area contributed by atoms with Crippen LogP contribution in [0, 0.1) is 5.82 Å². The number of hydrogen-bond acceptors (Lipinski definition) is 3. The summed E-state index contributed by atoms with van der Waals surface area (Å²) < 4.78 is 18.2. The van der Waals surface area contributed by atoms with Gasteiger partial charge in [-0.15, -0.1) is 0 Å². The fourth-order valence-corrected chi connectivity index (χ4v) is 2.35. The maximum Gasteiger partial charge on any atom is 0.338 e. The predicted molar refractivity (Wildman–Crippen MR) is 81.9 cm³/mol. The number of benzene rings is 1. The SMILES string of the molecule is C=CCOC(=O)C1=C(C)NC(=S)N[C@@H]1c1ccc(F)cc1. The third-order valence-corrected chi connectivity index (χ3v) is 3.24. The number of esters is 1. The summed E-state index contributed by atoms with van der Waals surface area (Å²) in [5.41, 5.74) is 1.75. The van der Waals surface area contributed by atoms with Crippen LogP contribution in [-0.4, -0.2) is 17.7 Å². The van der Waals surface area contributed by atoms with Gasteiger partial charge in [0.15, 0.2) is 5.11 Å². The van der Waals surface area contributed by atoms with Crippen LogP contribution in [-0.2, 0) is 9.53 Å². The Morgan fingerprint density at radius 1 is 1.48 bits per heavy atom. The summed E-state index contributed by atoms with van der Waals surface area (Å²) in [6.45, 7) is 5.37. The molecule has 1 aromatic carbocycles. The van der Waals surface area contributed by atoms with E-state index in [9.17, 15) is 9.18 Å². The molecule has 6 heteroatoms. The van der Waals surface area contributed by atoms with Crippen LogP contribution in [0.2, 0.25) is 0 Å². The molecule has 0 unspecified atom stereocenters. The summed E-state index contributed by atoms with van der Waals surface area (Å²) in [6, 6.07) is 5.41. The Morgan fingerprint density at radius 2 is 2.14 bits per heavy atom. The molecule has 0 bridgehead atoms. The first-order valence-electron chi connectivity index (χ1n) is 6.34. The molecule has 1 heterocycles. The van der Waals surface area contributed by atoms with Crippen LogP contribution < -0.4 is 10.6 Å². The summed E-state index contributed by atoms with van der Waals surface area (Å²) in [5, 5.41) is 6.31. The minimum absolute atomic E-state index is 0.121. The number of rotatable bonds is 4. The Hall–Kier alpha value is -2.21. The van der Waals surface area contributed by atoms with Crippen molar-refractivity contribution in [2.24, 2.45) is 0 Å². The van der Waals surface area contributed by atoms with E-state index >= 15 is 0 Å². The monoisotopic (exact) mass is 306 g/mol. The number of ether oxygens (including phenoxy) is 1. The number of carbonyl (C=O) groups excluding carboxylic acids is 1. The van der Waals surface area contributed by atoms with E-state index in [2.05, 4.69) is 17.2 Å². The molecule has 1 atom stereocenters. The highest BCUT2D eigenvalue weighted by atomic mass is 32.1. The minimum atomic E-state index is -0.475. The zero-order valence-corrected chi connectivity index (χ0v) is 12.3. The van der Waals surface area contributed by atoms with E-state index in [1.807, 2.05) is 0 Å². The summed E-state index contributed by atoms with van der Waals surface area (Å²) in [4.78, 5) is 12.2. The summed E-state index contributed by atoms with van der Waals surface area (Å²) in [6.07, 6.45) is 1.50. The second-order valence-electron chi connectivity index (χ2n) is 4.51. The maximum atomic E-state index is 13.1. The van der Waals surface area contributed by atoms with Crippen molar-refractivity contribution >= 4 is 23.3 Å².